The average molecular weight is 411 g/mol. The molecule has 1 fully saturated rings. The molecule has 0 aromatic carbocycles. The summed E-state index contributed by atoms with van der Waals surface area (Å²) < 4.78 is 67.4. The van der Waals surface area contributed by atoms with Crippen molar-refractivity contribution < 1.29 is 36.3 Å². The van der Waals surface area contributed by atoms with Gasteiger partial charge in [-0.05, 0) is 6.42 Å². The van der Waals surface area contributed by atoms with Gasteiger partial charge in [0.2, 0.25) is 11.9 Å². The van der Waals surface area contributed by atoms with E-state index in [1.807, 2.05) is 0 Å². The molecule has 2 heterocycles. The van der Waals surface area contributed by atoms with Gasteiger partial charge in [0.25, 0.3) is 6.43 Å². The molecule has 1 aliphatic rings. The van der Waals surface area contributed by atoms with Crippen LogP contribution in [0.25, 0.3) is 0 Å². The fraction of sp³-hybridized carbons (Fsp3) is 0.600. The van der Waals surface area contributed by atoms with Crippen molar-refractivity contribution in [1.29, 1.82) is 0 Å². The van der Waals surface area contributed by atoms with Crippen LogP contribution in [-0.4, -0.2) is 65.6 Å². The van der Waals surface area contributed by atoms with E-state index in [4.69, 9.17) is 5.73 Å². The van der Waals surface area contributed by atoms with Crippen LogP contribution in [0, 0.1) is 0 Å². The van der Waals surface area contributed by atoms with Crippen LogP contribution in [0.5, 0.6) is 0 Å². The Balaban J connectivity index is 1.84. The zero-order chi connectivity index (χ0) is 20.9. The topological polar surface area (TPSA) is 102 Å². The standard InChI is InChI=1S/C15H18F5N5O3/c16-12(17)10(28-13(21)27)1-2-11(26)24-3-5-25(6-4-24)14-22-7-9(8-23-14)15(18,19)20/h7-8,10,12H,1-6H2,(H2,21,27). The number of amides is 2. The SMILES string of the molecule is NC(=O)OC(CCC(=O)N1CCN(c2ncc(C(F)(F)F)cn2)CC1)C(F)F. The third-order valence-electron chi connectivity index (χ3n) is 4.07. The van der Waals surface area contributed by atoms with Gasteiger partial charge in [0.1, 0.15) is 0 Å². The lowest BCUT2D eigenvalue weighted by molar-refractivity contribution is -0.138. The zero-order valence-corrected chi connectivity index (χ0v) is 14.5. The molecule has 156 valence electrons. The molecule has 13 heteroatoms. The van der Waals surface area contributed by atoms with E-state index in [9.17, 15) is 31.5 Å². The van der Waals surface area contributed by atoms with Crippen LogP contribution in [0.1, 0.15) is 18.4 Å². The van der Waals surface area contributed by atoms with E-state index in [0.717, 1.165) is 0 Å². The summed E-state index contributed by atoms with van der Waals surface area (Å²) in [4.78, 5) is 33.2. The van der Waals surface area contributed by atoms with Crippen LogP contribution in [0.4, 0.5) is 32.7 Å². The maximum absolute atomic E-state index is 12.7. The van der Waals surface area contributed by atoms with Gasteiger partial charge in [0, 0.05) is 45.0 Å². The first-order valence-corrected chi connectivity index (χ1v) is 8.24. The zero-order valence-electron chi connectivity index (χ0n) is 14.5. The highest BCUT2D eigenvalue weighted by atomic mass is 19.4. The molecule has 0 radical (unpaired) electrons. The summed E-state index contributed by atoms with van der Waals surface area (Å²) in [7, 11) is 0. The maximum Gasteiger partial charge on any atom is 0.419 e. The van der Waals surface area contributed by atoms with Gasteiger partial charge in [-0.15, -0.1) is 0 Å². The molecule has 2 amide bonds. The number of anilines is 1. The highest BCUT2D eigenvalue weighted by molar-refractivity contribution is 5.76. The van der Waals surface area contributed by atoms with Crippen molar-refractivity contribution in [2.75, 3.05) is 31.1 Å². The molecule has 1 aromatic rings. The van der Waals surface area contributed by atoms with Crippen molar-refractivity contribution in [1.82, 2.24) is 14.9 Å². The highest BCUT2D eigenvalue weighted by Crippen LogP contribution is 2.28. The Kier molecular flexibility index (Phi) is 6.91. The van der Waals surface area contributed by atoms with Crippen molar-refractivity contribution >= 4 is 17.9 Å². The van der Waals surface area contributed by atoms with E-state index in [1.54, 1.807) is 4.90 Å². The number of halogens is 5. The first-order chi connectivity index (χ1) is 13.1. The van der Waals surface area contributed by atoms with Crippen LogP contribution < -0.4 is 10.6 Å². The quantitative estimate of drug-likeness (QED) is 0.715. The Morgan fingerprint density at radius 2 is 1.71 bits per heavy atom. The number of nitrogens with zero attached hydrogens (tertiary/aromatic N) is 4. The van der Waals surface area contributed by atoms with Gasteiger partial charge < -0.3 is 20.3 Å². The van der Waals surface area contributed by atoms with Crippen molar-refractivity contribution in [3.63, 3.8) is 0 Å². The molecule has 1 saturated heterocycles. The molecular formula is C15H18F5N5O3. The monoisotopic (exact) mass is 411 g/mol. The summed E-state index contributed by atoms with van der Waals surface area (Å²) >= 11 is 0. The van der Waals surface area contributed by atoms with Gasteiger partial charge in [-0.3, -0.25) is 4.79 Å². The van der Waals surface area contributed by atoms with Crippen LogP contribution in [0.2, 0.25) is 0 Å². The average Bonchev–Trinajstić information content (AvgIpc) is 2.64. The van der Waals surface area contributed by atoms with Crippen LogP contribution in [-0.2, 0) is 15.7 Å². The molecule has 0 aliphatic carbocycles. The molecule has 0 spiro atoms. The number of aromatic nitrogens is 2. The minimum atomic E-state index is -4.53. The lowest BCUT2D eigenvalue weighted by atomic mass is 10.1. The lowest BCUT2D eigenvalue weighted by Gasteiger charge is -2.35. The lowest BCUT2D eigenvalue weighted by Crippen LogP contribution is -2.49. The number of nitrogens with two attached hydrogens (primary N) is 1. The molecule has 0 bridgehead atoms. The highest BCUT2D eigenvalue weighted by Gasteiger charge is 2.32. The van der Waals surface area contributed by atoms with E-state index in [1.165, 1.54) is 4.90 Å². The van der Waals surface area contributed by atoms with Crippen LogP contribution >= 0.6 is 0 Å². The number of carbonyl (C=O) groups is 2. The molecule has 8 nitrogen and oxygen atoms in total. The summed E-state index contributed by atoms with van der Waals surface area (Å²) in [6.07, 6.45) is -9.87. The van der Waals surface area contributed by atoms with Crippen molar-refractivity contribution in [3.05, 3.63) is 18.0 Å². The second-order valence-electron chi connectivity index (χ2n) is 5.99. The number of piperazine rings is 1. The van der Waals surface area contributed by atoms with Gasteiger partial charge >= 0.3 is 12.3 Å². The van der Waals surface area contributed by atoms with Crippen molar-refractivity contribution in [2.24, 2.45) is 5.73 Å². The van der Waals surface area contributed by atoms with E-state index in [2.05, 4.69) is 14.7 Å². The smallest absolute Gasteiger partial charge is 0.419 e. The molecule has 2 N–H and O–H groups in total. The third kappa shape index (κ3) is 5.89. The summed E-state index contributed by atoms with van der Waals surface area (Å²) in [5.41, 5.74) is 3.75. The Morgan fingerprint density at radius 3 is 2.18 bits per heavy atom. The third-order valence-corrected chi connectivity index (χ3v) is 4.07. The summed E-state index contributed by atoms with van der Waals surface area (Å²) in [5, 5.41) is 0. The summed E-state index contributed by atoms with van der Waals surface area (Å²) in [6, 6.07) is 0. The van der Waals surface area contributed by atoms with Gasteiger partial charge in [0.15, 0.2) is 6.10 Å². The molecule has 1 aromatic heterocycles. The van der Waals surface area contributed by atoms with Crippen molar-refractivity contribution in [3.8, 4) is 0 Å². The van der Waals surface area contributed by atoms with E-state index in [-0.39, 0.29) is 45.0 Å². The fourth-order valence-electron chi connectivity index (χ4n) is 2.60. The normalized spacial score (nSPS) is 16.2. The molecule has 1 atom stereocenters. The van der Waals surface area contributed by atoms with Crippen molar-refractivity contribution in [2.45, 2.75) is 31.5 Å². The van der Waals surface area contributed by atoms with Gasteiger partial charge in [-0.25, -0.2) is 23.5 Å². The Bertz CT molecular complexity index is 678. The minimum Gasteiger partial charge on any atom is -0.440 e. The second-order valence-corrected chi connectivity index (χ2v) is 5.99. The summed E-state index contributed by atoms with van der Waals surface area (Å²) in [5.74, 6) is -0.306. The minimum absolute atomic E-state index is 0.104. The largest absolute Gasteiger partial charge is 0.440 e. The Morgan fingerprint density at radius 1 is 1.14 bits per heavy atom. The fourth-order valence-corrected chi connectivity index (χ4v) is 2.60. The number of rotatable bonds is 6. The van der Waals surface area contributed by atoms with Gasteiger partial charge in [-0.2, -0.15) is 13.2 Å². The van der Waals surface area contributed by atoms with Gasteiger partial charge in [0.05, 0.1) is 5.56 Å². The molecule has 1 unspecified atom stereocenters. The number of ether oxygens (including phenoxy) is 1. The number of primary amides is 1. The molecule has 28 heavy (non-hydrogen) atoms. The molecule has 1 aliphatic heterocycles. The van der Waals surface area contributed by atoms with Crippen LogP contribution in [0.3, 0.4) is 0 Å². The van der Waals surface area contributed by atoms with E-state index < -0.39 is 36.3 Å². The summed E-state index contributed by atoms with van der Waals surface area (Å²) in [6.45, 7) is 0.985. The van der Waals surface area contributed by atoms with Gasteiger partial charge in [-0.1, -0.05) is 0 Å². The molecule has 2 rings (SSSR count). The Hall–Kier alpha value is -2.73. The Labute approximate surface area is 156 Å². The van der Waals surface area contributed by atoms with Crippen LogP contribution in [0.15, 0.2) is 12.4 Å². The van der Waals surface area contributed by atoms with E-state index >= 15 is 0 Å². The maximum atomic E-state index is 12.7. The first kappa shape index (κ1) is 21.6. The number of hydrogen-bond donors (Lipinski definition) is 1. The second kappa shape index (κ2) is 8.97. The predicted octanol–water partition coefficient (Wildman–Crippen LogP) is 1.65. The number of hydrogen-bond acceptors (Lipinski definition) is 6. The number of alkyl halides is 5. The number of carbonyl (C=O) groups excluding carboxylic acids is 2. The first-order valence-electron chi connectivity index (χ1n) is 8.24. The molecular weight excluding hydrogens is 393 g/mol. The predicted molar refractivity (Wildman–Crippen MR) is 85.5 cm³/mol. The molecule has 0 saturated carbocycles. The van der Waals surface area contributed by atoms with E-state index in [0.29, 0.717) is 12.4 Å².